The first-order valence-corrected chi connectivity index (χ1v) is 9.73. The lowest BCUT2D eigenvalue weighted by molar-refractivity contribution is -0.144. The van der Waals surface area contributed by atoms with E-state index in [2.05, 4.69) is 5.32 Å². The number of para-hydroxylation sites is 1. The molecule has 0 saturated carbocycles. The van der Waals surface area contributed by atoms with Crippen LogP contribution in [0.5, 0.6) is 0 Å². The third-order valence-corrected chi connectivity index (χ3v) is 5.17. The molecule has 7 heteroatoms. The molecule has 26 heavy (non-hydrogen) atoms. The van der Waals surface area contributed by atoms with Crippen molar-refractivity contribution in [2.24, 2.45) is 0 Å². The van der Waals surface area contributed by atoms with Gasteiger partial charge in [0.1, 0.15) is 0 Å². The minimum absolute atomic E-state index is 0.0376. The highest BCUT2D eigenvalue weighted by Gasteiger charge is 2.12. The molecule has 1 amide bonds. The SMILES string of the molecule is CC(C)c1ccccc1NC(=O)COC(=O)CSc1cc(Cl)ccc1Cl. The fraction of sp³-hybridized carbons (Fsp3) is 0.263. The van der Waals surface area contributed by atoms with Crippen LogP contribution in [0.3, 0.4) is 0 Å². The third-order valence-electron chi connectivity index (χ3n) is 3.46. The van der Waals surface area contributed by atoms with Gasteiger partial charge in [-0.2, -0.15) is 0 Å². The molecule has 0 heterocycles. The molecule has 0 aromatic heterocycles. The Labute approximate surface area is 167 Å². The van der Waals surface area contributed by atoms with E-state index < -0.39 is 5.97 Å². The molecule has 1 N–H and O–H groups in total. The molecule has 0 fully saturated rings. The van der Waals surface area contributed by atoms with E-state index in [1.165, 1.54) is 11.8 Å². The smallest absolute Gasteiger partial charge is 0.316 e. The summed E-state index contributed by atoms with van der Waals surface area (Å²) in [5.74, 6) is -0.570. The lowest BCUT2D eigenvalue weighted by atomic mass is 10.0. The number of carbonyl (C=O) groups is 2. The molecule has 0 aliphatic carbocycles. The van der Waals surface area contributed by atoms with Gasteiger partial charge in [0.2, 0.25) is 0 Å². The van der Waals surface area contributed by atoms with Crippen molar-refractivity contribution < 1.29 is 14.3 Å². The molecule has 0 bridgehead atoms. The summed E-state index contributed by atoms with van der Waals surface area (Å²) in [4.78, 5) is 24.6. The number of thioether (sulfide) groups is 1. The van der Waals surface area contributed by atoms with Crippen molar-refractivity contribution in [1.82, 2.24) is 0 Å². The predicted octanol–water partition coefficient (Wildman–Crippen LogP) is 5.39. The summed E-state index contributed by atoms with van der Waals surface area (Å²) in [6, 6.07) is 12.6. The van der Waals surface area contributed by atoms with Crippen molar-refractivity contribution in [2.45, 2.75) is 24.7 Å². The zero-order valence-electron chi connectivity index (χ0n) is 14.4. The van der Waals surface area contributed by atoms with Gasteiger partial charge in [0.05, 0.1) is 10.8 Å². The van der Waals surface area contributed by atoms with Crippen molar-refractivity contribution in [3.8, 4) is 0 Å². The highest BCUT2D eigenvalue weighted by Crippen LogP contribution is 2.29. The van der Waals surface area contributed by atoms with Crippen molar-refractivity contribution in [3.05, 3.63) is 58.1 Å². The van der Waals surface area contributed by atoms with E-state index in [1.807, 2.05) is 38.1 Å². The van der Waals surface area contributed by atoms with Crippen molar-refractivity contribution in [1.29, 1.82) is 0 Å². The van der Waals surface area contributed by atoms with E-state index in [0.717, 1.165) is 11.3 Å². The topological polar surface area (TPSA) is 55.4 Å². The van der Waals surface area contributed by atoms with Gasteiger partial charge in [-0.15, -0.1) is 11.8 Å². The number of amides is 1. The molecule has 0 radical (unpaired) electrons. The van der Waals surface area contributed by atoms with Crippen LogP contribution >= 0.6 is 35.0 Å². The molecular formula is C19H19Cl2NO3S. The highest BCUT2D eigenvalue weighted by molar-refractivity contribution is 8.00. The first kappa shape index (κ1) is 20.6. The highest BCUT2D eigenvalue weighted by atomic mass is 35.5. The van der Waals surface area contributed by atoms with E-state index >= 15 is 0 Å². The maximum Gasteiger partial charge on any atom is 0.316 e. The zero-order chi connectivity index (χ0) is 19.1. The predicted molar refractivity (Wildman–Crippen MR) is 107 cm³/mol. The maximum atomic E-state index is 12.0. The van der Waals surface area contributed by atoms with Crippen molar-refractivity contribution in [2.75, 3.05) is 17.7 Å². The lowest BCUT2D eigenvalue weighted by Gasteiger charge is -2.13. The third kappa shape index (κ3) is 6.24. The number of anilines is 1. The normalized spacial score (nSPS) is 10.7. The fourth-order valence-corrected chi connectivity index (χ4v) is 3.50. The van der Waals surface area contributed by atoms with E-state index in [1.54, 1.807) is 18.2 Å². The van der Waals surface area contributed by atoms with Gasteiger partial charge >= 0.3 is 5.97 Å². The van der Waals surface area contributed by atoms with Crippen LogP contribution in [-0.2, 0) is 14.3 Å². The second kappa shape index (κ2) is 9.86. The van der Waals surface area contributed by atoms with Crippen LogP contribution in [0, 0.1) is 0 Å². The summed E-state index contributed by atoms with van der Waals surface area (Å²) in [7, 11) is 0. The van der Waals surface area contributed by atoms with Gasteiger partial charge in [0.25, 0.3) is 5.91 Å². The Kier molecular flexibility index (Phi) is 7.82. The van der Waals surface area contributed by atoms with Crippen LogP contribution in [0.4, 0.5) is 5.69 Å². The second-order valence-electron chi connectivity index (χ2n) is 5.81. The Morgan fingerprint density at radius 2 is 1.88 bits per heavy atom. The molecule has 0 spiro atoms. The summed E-state index contributed by atoms with van der Waals surface area (Å²) in [6.07, 6.45) is 0. The Hall–Kier alpha value is -1.69. The van der Waals surface area contributed by atoms with Gasteiger partial charge < -0.3 is 10.1 Å². The van der Waals surface area contributed by atoms with Gasteiger partial charge in [-0.25, -0.2) is 0 Å². The molecule has 4 nitrogen and oxygen atoms in total. The van der Waals surface area contributed by atoms with Crippen molar-refractivity contribution >= 4 is 52.5 Å². The molecule has 0 atom stereocenters. The number of benzene rings is 2. The molecule has 138 valence electrons. The van der Waals surface area contributed by atoms with Gasteiger partial charge in [-0.1, -0.05) is 55.2 Å². The van der Waals surface area contributed by atoms with E-state index in [0.29, 0.717) is 14.9 Å². The Balaban J connectivity index is 1.82. The van der Waals surface area contributed by atoms with Crippen molar-refractivity contribution in [3.63, 3.8) is 0 Å². The Morgan fingerprint density at radius 3 is 2.62 bits per heavy atom. The average molecular weight is 412 g/mol. The summed E-state index contributed by atoms with van der Waals surface area (Å²) in [5.41, 5.74) is 1.75. The van der Waals surface area contributed by atoms with Crippen LogP contribution in [0.1, 0.15) is 25.3 Å². The standard InChI is InChI=1S/C19H19Cl2NO3S/c1-12(2)14-5-3-4-6-16(14)22-18(23)10-25-19(24)11-26-17-9-13(20)7-8-15(17)21/h3-9,12H,10-11H2,1-2H3,(H,22,23). The minimum Gasteiger partial charge on any atom is -0.455 e. The van der Waals surface area contributed by atoms with Gasteiger partial charge in [0, 0.05) is 15.6 Å². The van der Waals surface area contributed by atoms with Crippen LogP contribution < -0.4 is 5.32 Å². The number of esters is 1. The van der Waals surface area contributed by atoms with Crippen LogP contribution in [0.2, 0.25) is 10.0 Å². The molecule has 0 unspecified atom stereocenters. The fourth-order valence-electron chi connectivity index (χ4n) is 2.21. The van der Waals surface area contributed by atoms with Gasteiger partial charge in [-0.05, 0) is 35.7 Å². The number of rotatable bonds is 7. The minimum atomic E-state index is -0.502. The number of nitrogens with one attached hydrogen (secondary N) is 1. The van der Waals surface area contributed by atoms with E-state index in [-0.39, 0.29) is 24.2 Å². The van der Waals surface area contributed by atoms with E-state index in [9.17, 15) is 9.59 Å². The van der Waals surface area contributed by atoms with Crippen LogP contribution in [-0.4, -0.2) is 24.2 Å². The number of carbonyl (C=O) groups excluding carboxylic acids is 2. The molecule has 2 rings (SSSR count). The zero-order valence-corrected chi connectivity index (χ0v) is 16.8. The average Bonchev–Trinajstić information content (AvgIpc) is 2.61. The number of hydrogen-bond acceptors (Lipinski definition) is 4. The number of ether oxygens (including phenoxy) is 1. The number of hydrogen-bond donors (Lipinski definition) is 1. The quantitative estimate of drug-likeness (QED) is 0.489. The number of halogens is 2. The molecule has 2 aromatic rings. The monoisotopic (exact) mass is 411 g/mol. The lowest BCUT2D eigenvalue weighted by Crippen LogP contribution is -2.22. The van der Waals surface area contributed by atoms with Gasteiger partial charge in [0.15, 0.2) is 6.61 Å². The second-order valence-corrected chi connectivity index (χ2v) is 7.68. The Morgan fingerprint density at radius 1 is 1.15 bits per heavy atom. The first-order chi connectivity index (χ1) is 12.4. The maximum absolute atomic E-state index is 12.0. The molecule has 0 saturated heterocycles. The Bertz CT molecular complexity index is 796. The largest absolute Gasteiger partial charge is 0.455 e. The van der Waals surface area contributed by atoms with Crippen LogP contribution in [0.25, 0.3) is 0 Å². The molecule has 0 aliphatic rings. The van der Waals surface area contributed by atoms with Crippen LogP contribution in [0.15, 0.2) is 47.4 Å². The summed E-state index contributed by atoms with van der Waals surface area (Å²) < 4.78 is 5.02. The molecule has 0 aliphatic heterocycles. The van der Waals surface area contributed by atoms with Gasteiger partial charge in [-0.3, -0.25) is 9.59 Å². The first-order valence-electron chi connectivity index (χ1n) is 7.99. The summed E-state index contributed by atoms with van der Waals surface area (Å²) in [6.45, 7) is 3.75. The summed E-state index contributed by atoms with van der Waals surface area (Å²) in [5, 5.41) is 3.82. The molecular weight excluding hydrogens is 393 g/mol. The van der Waals surface area contributed by atoms with E-state index in [4.69, 9.17) is 27.9 Å². The molecule has 2 aromatic carbocycles. The summed E-state index contributed by atoms with van der Waals surface area (Å²) >= 11 is 13.2.